The second-order valence-corrected chi connectivity index (χ2v) is 6.60. The van der Waals surface area contributed by atoms with Crippen LogP contribution in [-0.2, 0) is 0 Å². The predicted octanol–water partition coefficient (Wildman–Crippen LogP) is 5.09. The van der Waals surface area contributed by atoms with E-state index in [1.54, 1.807) is 17.9 Å². The molecule has 4 nitrogen and oxygen atoms in total. The summed E-state index contributed by atoms with van der Waals surface area (Å²) in [5.74, 6) is 0.380. The SMILES string of the molecule is COc1cc(C(C)NC(C)c2cccc(F)c2)nn1-c1cccc(Cl)c1. The predicted molar refractivity (Wildman–Crippen MR) is 101 cm³/mol. The van der Waals surface area contributed by atoms with Crippen LogP contribution in [0.2, 0.25) is 5.02 Å². The van der Waals surface area contributed by atoms with Gasteiger partial charge >= 0.3 is 0 Å². The van der Waals surface area contributed by atoms with E-state index >= 15 is 0 Å². The minimum atomic E-state index is -0.240. The Morgan fingerprint density at radius 2 is 1.85 bits per heavy atom. The molecule has 1 heterocycles. The highest BCUT2D eigenvalue weighted by molar-refractivity contribution is 6.30. The number of rotatable bonds is 6. The fraction of sp³-hybridized carbons (Fsp3) is 0.250. The van der Waals surface area contributed by atoms with Crippen molar-refractivity contribution in [1.82, 2.24) is 15.1 Å². The summed E-state index contributed by atoms with van der Waals surface area (Å²) in [5.41, 5.74) is 2.54. The van der Waals surface area contributed by atoms with Gasteiger partial charge in [-0.05, 0) is 49.7 Å². The molecule has 0 radical (unpaired) electrons. The van der Waals surface area contributed by atoms with Gasteiger partial charge in [0.1, 0.15) is 5.82 Å². The molecule has 2 atom stereocenters. The second-order valence-electron chi connectivity index (χ2n) is 6.17. The van der Waals surface area contributed by atoms with Crippen LogP contribution in [0.25, 0.3) is 5.69 Å². The van der Waals surface area contributed by atoms with Crippen LogP contribution in [0.3, 0.4) is 0 Å². The van der Waals surface area contributed by atoms with Gasteiger partial charge in [-0.15, -0.1) is 0 Å². The first-order valence-electron chi connectivity index (χ1n) is 8.39. The van der Waals surface area contributed by atoms with Crippen molar-refractivity contribution in [3.63, 3.8) is 0 Å². The molecule has 3 rings (SSSR count). The first kappa shape index (κ1) is 18.4. The molecule has 0 saturated carbocycles. The van der Waals surface area contributed by atoms with Crippen molar-refractivity contribution >= 4 is 11.6 Å². The molecule has 0 aliphatic rings. The van der Waals surface area contributed by atoms with Gasteiger partial charge in [-0.1, -0.05) is 29.8 Å². The van der Waals surface area contributed by atoms with E-state index in [9.17, 15) is 4.39 Å². The number of nitrogens with zero attached hydrogens (tertiary/aromatic N) is 2. The average molecular weight is 374 g/mol. The molecule has 136 valence electrons. The molecular formula is C20H21ClFN3O. The van der Waals surface area contributed by atoms with Gasteiger partial charge in [0.05, 0.1) is 18.5 Å². The highest BCUT2D eigenvalue weighted by atomic mass is 35.5. The highest BCUT2D eigenvalue weighted by Gasteiger charge is 2.18. The summed E-state index contributed by atoms with van der Waals surface area (Å²) in [6, 6.07) is 15.8. The van der Waals surface area contributed by atoms with E-state index in [0.29, 0.717) is 10.9 Å². The fourth-order valence-electron chi connectivity index (χ4n) is 2.86. The third-order valence-corrected chi connectivity index (χ3v) is 4.48. The minimum absolute atomic E-state index is 0.0250. The van der Waals surface area contributed by atoms with Crippen LogP contribution in [0.1, 0.15) is 37.2 Å². The molecule has 2 aromatic carbocycles. The molecule has 2 unspecified atom stereocenters. The monoisotopic (exact) mass is 373 g/mol. The third-order valence-electron chi connectivity index (χ3n) is 4.25. The number of ether oxygens (including phenoxy) is 1. The zero-order chi connectivity index (χ0) is 18.7. The number of hydrogen-bond donors (Lipinski definition) is 1. The molecule has 0 saturated heterocycles. The van der Waals surface area contributed by atoms with Gasteiger partial charge in [0.15, 0.2) is 0 Å². The van der Waals surface area contributed by atoms with Crippen molar-refractivity contribution in [2.75, 3.05) is 7.11 Å². The lowest BCUT2D eigenvalue weighted by Gasteiger charge is -2.19. The van der Waals surface area contributed by atoms with Gasteiger partial charge in [0.2, 0.25) is 5.88 Å². The second kappa shape index (κ2) is 7.89. The van der Waals surface area contributed by atoms with Crippen LogP contribution < -0.4 is 10.1 Å². The Morgan fingerprint density at radius 3 is 2.54 bits per heavy atom. The van der Waals surface area contributed by atoms with E-state index in [2.05, 4.69) is 10.4 Å². The topological polar surface area (TPSA) is 39.1 Å². The van der Waals surface area contributed by atoms with Gasteiger partial charge in [-0.3, -0.25) is 0 Å². The van der Waals surface area contributed by atoms with Crippen molar-refractivity contribution in [1.29, 1.82) is 0 Å². The maximum atomic E-state index is 13.4. The summed E-state index contributed by atoms with van der Waals surface area (Å²) in [4.78, 5) is 0. The Morgan fingerprint density at radius 1 is 1.08 bits per heavy atom. The summed E-state index contributed by atoms with van der Waals surface area (Å²) in [6.07, 6.45) is 0. The molecule has 0 spiro atoms. The number of benzene rings is 2. The molecule has 0 aliphatic heterocycles. The maximum Gasteiger partial charge on any atom is 0.216 e. The molecule has 0 amide bonds. The fourth-order valence-corrected chi connectivity index (χ4v) is 3.05. The van der Waals surface area contributed by atoms with E-state index in [0.717, 1.165) is 16.9 Å². The molecular weight excluding hydrogens is 353 g/mol. The lowest BCUT2D eigenvalue weighted by molar-refractivity contribution is 0.383. The lowest BCUT2D eigenvalue weighted by atomic mass is 10.1. The maximum absolute atomic E-state index is 13.4. The van der Waals surface area contributed by atoms with E-state index in [1.165, 1.54) is 12.1 Å². The Hall–Kier alpha value is -2.37. The van der Waals surface area contributed by atoms with Crippen molar-refractivity contribution in [2.24, 2.45) is 0 Å². The number of methoxy groups -OCH3 is 1. The third kappa shape index (κ3) is 4.06. The van der Waals surface area contributed by atoms with Gasteiger partial charge < -0.3 is 10.1 Å². The Labute approximate surface area is 157 Å². The van der Waals surface area contributed by atoms with E-state index in [4.69, 9.17) is 16.3 Å². The number of halogens is 2. The molecule has 0 fully saturated rings. The van der Waals surface area contributed by atoms with Crippen LogP contribution in [-0.4, -0.2) is 16.9 Å². The molecule has 1 N–H and O–H groups in total. The van der Waals surface area contributed by atoms with Crippen LogP contribution in [0.5, 0.6) is 5.88 Å². The number of aromatic nitrogens is 2. The van der Waals surface area contributed by atoms with E-state index in [-0.39, 0.29) is 17.9 Å². The summed E-state index contributed by atoms with van der Waals surface area (Å²) in [6.45, 7) is 4.01. The molecule has 6 heteroatoms. The molecule has 3 aromatic rings. The van der Waals surface area contributed by atoms with Crippen LogP contribution in [0.15, 0.2) is 54.6 Å². The van der Waals surface area contributed by atoms with Crippen LogP contribution in [0, 0.1) is 5.82 Å². The zero-order valence-electron chi connectivity index (χ0n) is 14.9. The summed E-state index contributed by atoms with van der Waals surface area (Å²) < 4.78 is 20.6. The minimum Gasteiger partial charge on any atom is -0.481 e. The van der Waals surface area contributed by atoms with Crippen molar-refractivity contribution in [3.05, 3.63) is 76.7 Å². The summed E-state index contributed by atoms with van der Waals surface area (Å²) in [7, 11) is 1.61. The summed E-state index contributed by atoms with van der Waals surface area (Å²) >= 11 is 6.08. The lowest BCUT2D eigenvalue weighted by Crippen LogP contribution is -2.23. The van der Waals surface area contributed by atoms with Crippen molar-refractivity contribution in [3.8, 4) is 11.6 Å². The Kier molecular flexibility index (Phi) is 5.59. The summed E-state index contributed by atoms with van der Waals surface area (Å²) in [5, 5.41) is 8.73. The van der Waals surface area contributed by atoms with Crippen molar-refractivity contribution in [2.45, 2.75) is 25.9 Å². The smallest absolute Gasteiger partial charge is 0.216 e. The van der Waals surface area contributed by atoms with Crippen LogP contribution in [0.4, 0.5) is 4.39 Å². The van der Waals surface area contributed by atoms with E-state index < -0.39 is 0 Å². The normalized spacial score (nSPS) is 13.4. The first-order chi connectivity index (χ1) is 12.5. The molecule has 0 aliphatic carbocycles. The van der Waals surface area contributed by atoms with Gasteiger partial charge in [-0.2, -0.15) is 5.10 Å². The zero-order valence-corrected chi connectivity index (χ0v) is 15.7. The number of nitrogens with one attached hydrogen (secondary N) is 1. The molecule has 26 heavy (non-hydrogen) atoms. The quantitative estimate of drug-likeness (QED) is 0.654. The molecule has 1 aromatic heterocycles. The standard InChI is InChI=1S/C20H21ClFN3O/c1-13(15-6-4-8-17(22)10-15)23-14(2)19-12-20(26-3)25(24-19)18-9-5-7-16(21)11-18/h4-14,23H,1-3H3. The first-order valence-corrected chi connectivity index (χ1v) is 8.77. The highest BCUT2D eigenvalue weighted by Crippen LogP contribution is 2.26. The van der Waals surface area contributed by atoms with Gasteiger partial charge in [0.25, 0.3) is 0 Å². The van der Waals surface area contributed by atoms with Gasteiger partial charge in [0, 0.05) is 23.2 Å². The van der Waals surface area contributed by atoms with Gasteiger partial charge in [-0.25, -0.2) is 9.07 Å². The van der Waals surface area contributed by atoms with Crippen molar-refractivity contribution < 1.29 is 9.13 Å². The number of hydrogen-bond acceptors (Lipinski definition) is 3. The average Bonchev–Trinajstić information content (AvgIpc) is 3.06. The Bertz CT molecular complexity index is 896. The Balaban J connectivity index is 1.82. The van der Waals surface area contributed by atoms with Crippen LogP contribution >= 0.6 is 11.6 Å². The largest absolute Gasteiger partial charge is 0.481 e. The van der Waals surface area contributed by atoms with E-state index in [1.807, 2.05) is 50.2 Å². The molecule has 0 bridgehead atoms.